The highest BCUT2D eigenvalue weighted by Gasteiger charge is 2.41. The zero-order valence-electron chi connectivity index (χ0n) is 13.5. The molecule has 6 heteroatoms. The molecular formula is C17H22O5Si. The Morgan fingerprint density at radius 3 is 1.39 bits per heavy atom. The molecular weight excluding hydrogens is 312 g/mol. The molecule has 0 amide bonds. The molecule has 0 aromatic heterocycles. The molecule has 0 fully saturated rings. The second-order valence-corrected chi connectivity index (χ2v) is 8.23. The van der Waals surface area contributed by atoms with Crippen molar-refractivity contribution in [1.82, 2.24) is 0 Å². The van der Waals surface area contributed by atoms with Crippen LogP contribution in [-0.2, 0) is 13.3 Å². The number of hydrogen-bond donors (Lipinski definition) is 2. The second-order valence-electron chi connectivity index (χ2n) is 5.24. The minimum Gasteiger partial charge on any atom is -0.508 e. The molecule has 0 saturated heterocycles. The summed E-state index contributed by atoms with van der Waals surface area (Å²) in [6.45, 7) is 0. The number of rotatable bonds is 7. The maximum atomic E-state index is 9.52. The number of phenols is 2. The molecule has 0 saturated carbocycles. The van der Waals surface area contributed by atoms with Crippen molar-refractivity contribution in [2.75, 3.05) is 21.3 Å². The molecule has 0 heterocycles. The van der Waals surface area contributed by atoms with E-state index in [1.165, 1.54) is 0 Å². The summed E-state index contributed by atoms with van der Waals surface area (Å²) < 4.78 is 16.7. The lowest BCUT2D eigenvalue weighted by molar-refractivity contribution is 0.122. The Kier molecular flexibility index (Phi) is 5.78. The number of aromatic hydroxyl groups is 2. The molecule has 124 valence electrons. The van der Waals surface area contributed by atoms with E-state index in [2.05, 4.69) is 0 Å². The van der Waals surface area contributed by atoms with Crippen LogP contribution in [0.25, 0.3) is 0 Å². The first-order chi connectivity index (χ1) is 11.0. The molecule has 5 nitrogen and oxygen atoms in total. The molecule has 2 N–H and O–H groups in total. The summed E-state index contributed by atoms with van der Waals surface area (Å²) >= 11 is 0. The lowest BCUT2D eigenvalue weighted by Gasteiger charge is -2.29. The van der Waals surface area contributed by atoms with Crippen LogP contribution in [0.5, 0.6) is 11.5 Å². The number of phenolic OH excluding ortho intramolecular Hbond substituents is 2. The normalized spacial score (nSPS) is 11.8. The van der Waals surface area contributed by atoms with E-state index in [0.717, 1.165) is 11.1 Å². The van der Waals surface area contributed by atoms with Crippen molar-refractivity contribution in [2.24, 2.45) is 0 Å². The molecule has 0 aliphatic carbocycles. The van der Waals surface area contributed by atoms with Crippen molar-refractivity contribution in [1.29, 1.82) is 0 Å². The van der Waals surface area contributed by atoms with Crippen molar-refractivity contribution in [3.05, 3.63) is 59.7 Å². The average molecular weight is 334 g/mol. The smallest absolute Gasteiger partial charge is 0.501 e. The van der Waals surface area contributed by atoms with Crippen LogP contribution in [0.4, 0.5) is 0 Å². The fourth-order valence-electron chi connectivity index (χ4n) is 2.59. The van der Waals surface area contributed by atoms with Crippen LogP contribution in [0.2, 0.25) is 6.04 Å². The molecule has 0 aliphatic heterocycles. The summed E-state index contributed by atoms with van der Waals surface area (Å²) in [6, 6.07) is 14.6. The highest BCUT2D eigenvalue weighted by atomic mass is 28.4. The van der Waals surface area contributed by atoms with Gasteiger partial charge in [-0.1, -0.05) is 24.3 Å². The molecule has 0 aliphatic rings. The molecule has 2 aromatic carbocycles. The zero-order valence-corrected chi connectivity index (χ0v) is 14.5. The van der Waals surface area contributed by atoms with E-state index in [1.54, 1.807) is 45.6 Å². The van der Waals surface area contributed by atoms with Crippen LogP contribution in [0, 0.1) is 0 Å². The summed E-state index contributed by atoms with van der Waals surface area (Å²) in [7, 11) is 1.96. The average Bonchev–Trinajstić information content (AvgIpc) is 2.59. The molecule has 2 aromatic rings. The highest BCUT2D eigenvalue weighted by Crippen LogP contribution is 2.35. The predicted octanol–water partition coefficient (Wildman–Crippen LogP) is 3.11. The van der Waals surface area contributed by atoms with Crippen LogP contribution >= 0.6 is 0 Å². The number of benzene rings is 2. The fraction of sp³-hybridized carbons (Fsp3) is 0.294. The van der Waals surface area contributed by atoms with Crippen molar-refractivity contribution < 1.29 is 23.5 Å². The summed E-state index contributed by atoms with van der Waals surface area (Å²) in [6.07, 6.45) is 0. The first-order valence-electron chi connectivity index (χ1n) is 7.27. The van der Waals surface area contributed by atoms with Gasteiger partial charge in [-0.15, -0.1) is 0 Å². The quantitative estimate of drug-likeness (QED) is 0.762. The van der Waals surface area contributed by atoms with Gasteiger partial charge >= 0.3 is 8.80 Å². The Morgan fingerprint density at radius 1 is 0.739 bits per heavy atom. The monoisotopic (exact) mass is 334 g/mol. The maximum absolute atomic E-state index is 9.52. The van der Waals surface area contributed by atoms with Gasteiger partial charge in [-0.05, 0) is 35.4 Å². The van der Waals surface area contributed by atoms with Gasteiger partial charge in [0.25, 0.3) is 0 Å². The van der Waals surface area contributed by atoms with E-state index in [4.69, 9.17) is 13.3 Å². The van der Waals surface area contributed by atoms with Crippen molar-refractivity contribution in [2.45, 2.75) is 12.0 Å². The van der Waals surface area contributed by atoms with Crippen LogP contribution in [0.1, 0.15) is 17.0 Å². The summed E-state index contributed by atoms with van der Waals surface area (Å²) in [5.41, 5.74) is 2.02. The van der Waals surface area contributed by atoms with Crippen molar-refractivity contribution in [3.63, 3.8) is 0 Å². The van der Waals surface area contributed by atoms with Gasteiger partial charge in [0.15, 0.2) is 0 Å². The van der Waals surface area contributed by atoms with Crippen molar-refractivity contribution >= 4 is 8.80 Å². The van der Waals surface area contributed by atoms with Gasteiger partial charge in [0.2, 0.25) is 0 Å². The maximum Gasteiger partial charge on any atom is 0.501 e. The molecule has 2 rings (SSSR count). The van der Waals surface area contributed by atoms with Crippen LogP contribution in [-0.4, -0.2) is 40.3 Å². The van der Waals surface area contributed by atoms with Gasteiger partial charge < -0.3 is 23.5 Å². The largest absolute Gasteiger partial charge is 0.508 e. The van der Waals surface area contributed by atoms with Crippen LogP contribution < -0.4 is 0 Å². The van der Waals surface area contributed by atoms with Gasteiger partial charge in [-0.25, -0.2) is 0 Å². The second kappa shape index (κ2) is 7.61. The van der Waals surface area contributed by atoms with E-state index >= 15 is 0 Å². The standard InChI is InChI=1S/C17H22O5Si/c1-20-23(21-2,22-3)12-17(13-4-8-15(18)9-5-13)14-6-10-16(19)11-7-14/h4-11,17-19H,12H2,1-3H3. The fourth-order valence-corrected chi connectivity index (χ4v) is 4.56. The van der Waals surface area contributed by atoms with E-state index in [-0.39, 0.29) is 17.4 Å². The molecule has 0 unspecified atom stereocenters. The predicted molar refractivity (Wildman–Crippen MR) is 89.6 cm³/mol. The SMILES string of the molecule is CO[Si](CC(c1ccc(O)cc1)c1ccc(O)cc1)(OC)OC. The Balaban J connectivity index is 2.42. The van der Waals surface area contributed by atoms with Gasteiger partial charge in [-0.2, -0.15) is 0 Å². The lowest BCUT2D eigenvalue weighted by atomic mass is 9.93. The first-order valence-corrected chi connectivity index (χ1v) is 9.20. The van der Waals surface area contributed by atoms with E-state index in [0.29, 0.717) is 6.04 Å². The van der Waals surface area contributed by atoms with E-state index < -0.39 is 8.80 Å². The molecule has 23 heavy (non-hydrogen) atoms. The minimum absolute atomic E-state index is 0.0392. The molecule has 0 atom stereocenters. The Hall–Kier alpha value is -1.86. The highest BCUT2D eigenvalue weighted by molar-refractivity contribution is 6.60. The van der Waals surface area contributed by atoms with Gasteiger partial charge in [0.1, 0.15) is 11.5 Å². The zero-order chi connectivity index (χ0) is 16.9. The lowest BCUT2D eigenvalue weighted by Crippen LogP contribution is -2.44. The third-order valence-electron chi connectivity index (χ3n) is 3.98. The Morgan fingerprint density at radius 2 is 1.09 bits per heavy atom. The van der Waals surface area contributed by atoms with Gasteiger partial charge in [-0.3, -0.25) is 0 Å². The molecule has 0 radical (unpaired) electrons. The third kappa shape index (κ3) is 4.11. The third-order valence-corrected chi connectivity index (χ3v) is 6.75. The van der Waals surface area contributed by atoms with Gasteiger partial charge in [0, 0.05) is 33.3 Å². The van der Waals surface area contributed by atoms with E-state index in [9.17, 15) is 10.2 Å². The minimum atomic E-state index is -2.80. The topological polar surface area (TPSA) is 68.2 Å². The van der Waals surface area contributed by atoms with Gasteiger partial charge in [0.05, 0.1) is 0 Å². The van der Waals surface area contributed by atoms with Crippen molar-refractivity contribution in [3.8, 4) is 11.5 Å². The number of hydrogen-bond acceptors (Lipinski definition) is 5. The Labute approximate surface area is 137 Å². The molecule has 0 spiro atoms. The summed E-state index contributed by atoms with van der Waals surface area (Å²) in [4.78, 5) is 0. The summed E-state index contributed by atoms with van der Waals surface area (Å²) in [5, 5.41) is 19.0. The van der Waals surface area contributed by atoms with Crippen LogP contribution in [0.15, 0.2) is 48.5 Å². The summed E-state index contributed by atoms with van der Waals surface area (Å²) in [5.74, 6) is 0.390. The van der Waals surface area contributed by atoms with Crippen LogP contribution in [0.3, 0.4) is 0 Å². The Bertz CT molecular complexity index is 554. The molecule has 0 bridgehead atoms. The first kappa shape index (κ1) is 17.5. The van der Waals surface area contributed by atoms with E-state index in [1.807, 2.05) is 24.3 Å².